The molecule has 26 heavy (non-hydrogen) atoms. The molecule has 0 aliphatic heterocycles. The van der Waals surface area contributed by atoms with Gasteiger partial charge in [-0.25, -0.2) is 0 Å². The van der Waals surface area contributed by atoms with E-state index < -0.39 is 0 Å². The summed E-state index contributed by atoms with van der Waals surface area (Å²) in [4.78, 5) is 15.5. The van der Waals surface area contributed by atoms with Gasteiger partial charge in [0.2, 0.25) is 0 Å². The number of pyridine rings is 1. The normalized spacial score (nSPS) is 12.8. The van der Waals surface area contributed by atoms with Crippen molar-refractivity contribution in [1.29, 1.82) is 0 Å². The number of aryl methyl sites for hydroxylation is 2. The van der Waals surface area contributed by atoms with Crippen LogP contribution in [0.25, 0.3) is 32.1 Å². The molecule has 2 heterocycles. The lowest BCUT2D eigenvalue weighted by Crippen LogP contribution is -2.08. The van der Waals surface area contributed by atoms with Crippen molar-refractivity contribution in [3.05, 3.63) is 68.8 Å². The van der Waals surface area contributed by atoms with Crippen LogP contribution in [-0.2, 0) is 0 Å². The second-order valence-corrected chi connectivity index (χ2v) is 7.81. The number of rotatable bonds is 3. The number of nitrogens with one attached hydrogen (secondary N) is 1. The molecule has 3 N–H and O–H groups in total. The molecular formula is C22H22N2OS. The Morgan fingerprint density at radius 3 is 2.54 bits per heavy atom. The Balaban J connectivity index is 2.06. The first kappa shape index (κ1) is 17.0. The zero-order valence-electron chi connectivity index (χ0n) is 15.2. The number of thiophene rings is 1. The monoisotopic (exact) mass is 362 g/mol. The smallest absolute Gasteiger partial charge is 0.266 e. The lowest BCUT2D eigenvalue weighted by molar-refractivity contribution is 0.699. The van der Waals surface area contributed by atoms with Gasteiger partial charge < -0.3 is 10.7 Å². The van der Waals surface area contributed by atoms with Crippen LogP contribution in [0.4, 0.5) is 0 Å². The van der Waals surface area contributed by atoms with Crippen molar-refractivity contribution in [3.8, 4) is 11.1 Å². The van der Waals surface area contributed by atoms with Gasteiger partial charge in [-0.05, 0) is 59.5 Å². The molecule has 0 bridgehead atoms. The summed E-state index contributed by atoms with van der Waals surface area (Å²) in [6, 6.07) is 12.8. The summed E-state index contributed by atoms with van der Waals surface area (Å²) in [5, 5.41) is 4.15. The Hall–Kier alpha value is -2.43. The van der Waals surface area contributed by atoms with Crippen LogP contribution in [0.15, 0.2) is 46.6 Å². The van der Waals surface area contributed by atoms with E-state index in [9.17, 15) is 4.79 Å². The third kappa shape index (κ3) is 2.57. The van der Waals surface area contributed by atoms with E-state index in [4.69, 9.17) is 5.73 Å². The van der Waals surface area contributed by atoms with Crippen molar-refractivity contribution < 1.29 is 0 Å². The van der Waals surface area contributed by atoms with E-state index >= 15 is 0 Å². The fourth-order valence-electron chi connectivity index (χ4n) is 3.78. The molecule has 0 amide bonds. The van der Waals surface area contributed by atoms with E-state index in [2.05, 4.69) is 62.2 Å². The van der Waals surface area contributed by atoms with Crippen molar-refractivity contribution in [2.45, 2.75) is 33.2 Å². The Morgan fingerprint density at radius 1 is 1.12 bits per heavy atom. The molecule has 0 aliphatic rings. The van der Waals surface area contributed by atoms with Crippen LogP contribution in [0.5, 0.6) is 0 Å². The molecule has 2 aromatic heterocycles. The summed E-state index contributed by atoms with van der Waals surface area (Å²) in [6.07, 6.45) is 0.919. The predicted molar refractivity (Wildman–Crippen MR) is 112 cm³/mol. The summed E-state index contributed by atoms with van der Waals surface area (Å²) < 4.78 is 0.786. The van der Waals surface area contributed by atoms with E-state index in [0.29, 0.717) is 0 Å². The molecule has 0 radical (unpaired) electrons. The maximum Gasteiger partial charge on any atom is 0.266 e. The molecule has 4 aromatic rings. The molecule has 3 nitrogen and oxygen atoms in total. The predicted octanol–water partition coefficient (Wildman–Crippen LogP) is 5.44. The van der Waals surface area contributed by atoms with Crippen molar-refractivity contribution in [1.82, 2.24) is 4.98 Å². The van der Waals surface area contributed by atoms with E-state index in [-0.39, 0.29) is 11.6 Å². The highest BCUT2D eigenvalue weighted by atomic mass is 32.1. The van der Waals surface area contributed by atoms with E-state index in [1.165, 1.54) is 22.5 Å². The van der Waals surface area contributed by atoms with Crippen LogP contribution in [0.2, 0.25) is 0 Å². The van der Waals surface area contributed by atoms with Crippen molar-refractivity contribution in [3.63, 3.8) is 0 Å². The Morgan fingerprint density at radius 2 is 1.85 bits per heavy atom. The SMILES string of the molecule is CCC(N)c1ccc(-c2c(C)cc(C)c3[nH]c(=O)c4sccc4c23)cc1. The van der Waals surface area contributed by atoms with Crippen LogP contribution in [0.1, 0.15) is 36.1 Å². The largest absolute Gasteiger partial charge is 0.324 e. The van der Waals surface area contributed by atoms with Gasteiger partial charge in [0, 0.05) is 16.8 Å². The molecule has 1 unspecified atom stereocenters. The van der Waals surface area contributed by atoms with Crippen molar-refractivity contribution in [2.24, 2.45) is 5.73 Å². The number of aromatic nitrogens is 1. The number of aromatic amines is 1. The zero-order chi connectivity index (χ0) is 18.4. The third-order valence-corrected chi connectivity index (χ3v) is 6.08. The summed E-state index contributed by atoms with van der Waals surface area (Å²) in [5.41, 5.74) is 12.9. The molecule has 0 fully saturated rings. The Bertz CT molecular complexity index is 1170. The first-order chi connectivity index (χ1) is 12.5. The lowest BCUT2D eigenvalue weighted by atomic mass is 9.91. The highest BCUT2D eigenvalue weighted by molar-refractivity contribution is 7.17. The molecule has 0 aliphatic carbocycles. The number of hydrogen-bond donors (Lipinski definition) is 2. The zero-order valence-corrected chi connectivity index (χ0v) is 16.0. The number of benzene rings is 2. The number of hydrogen-bond acceptors (Lipinski definition) is 3. The minimum absolute atomic E-state index is 0.00956. The topological polar surface area (TPSA) is 58.9 Å². The van der Waals surface area contributed by atoms with Crippen LogP contribution < -0.4 is 11.3 Å². The fourth-order valence-corrected chi connectivity index (χ4v) is 4.57. The highest BCUT2D eigenvalue weighted by Gasteiger charge is 2.16. The lowest BCUT2D eigenvalue weighted by Gasteiger charge is -2.15. The third-order valence-electron chi connectivity index (χ3n) is 5.17. The quantitative estimate of drug-likeness (QED) is 0.510. The average Bonchev–Trinajstić information content (AvgIpc) is 3.13. The van der Waals surface area contributed by atoms with E-state index in [1.54, 1.807) is 0 Å². The minimum Gasteiger partial charge on any atom is -0.324 e. The van der Waals surface area contributed by atoms with Crippen molar-refractivity contribution >= 4 is 32.3 Å². The number of H-pyrrole nitrogens is 1. The summed E-state index contributed by atoms with van der Waals surface area (Å²) in [6.45, 7) is 6.28. The van der Waals surface area contributed by atoms with Gasteiger partial charge in [-0.1, -0.05) is 37.3 Å². The molecular weight excluding hydrogens is 340 g/mol. The van der Waals surface area contributed by atoms with Crippen LogP contribution in [0, 0.1) is 13.8 Å². The number of nitrogens with two attached hydrogens (primary N) is 1. The van der Waals surface area contributed by atoms with Gasteiger partial charge in [0.25, 0.3) is 5.56 Å². The van der Waals surface area contributed by atoms with Gasteiger partial charge in [-0.3, -0.25) is 4.79 Å². The minimum atomic E-state index is -0.00956. The van der Waals surface area contributed by atoms with Gasteiger partial charge in [0.1, 0.15) is 4.70 Å². The molecule has 1 atom stereocenters. The first-order valence-electron chi connectivity index (χ1n) is 8.90. The molecule has 0 saturated heterocycles. The van der Waals surface area contributed by atoms with Crippen LogP contribution in [-0.4, -0.2) is 4.98 Å². The molecule has 4 heteroatoms. The highest BCUT2D eigenvalue weighted by Crippen LogP contribution is 2.38. The van der Waals surface area contributed by atoms with Gasteiger partial charge >= 0.3 is 0 Å². The van der Waals surface area contributed by atoms with Gasteiger partial charge in [0.05, 0.1) is 5.52 Å². The second kappa shape index (κ2) is 6.38. The van der Waals surface area contributed by atoms with Crippen molar-refractivity contribution in [2.75, 3.05) is 0 Å². The summed E-state index contributed by atoms with van der Waals surface area (Å²) >= 11 is 1.49. The van der Waals surface area contributed by atoms with Crippen LogP contribution in [0.3, 0.4) is 0 Å². The fraction of sp³-hybridized carbons (Fsp3) is 0.227. The van der Waals surface area contributed by atoms with E-state index in [0.717, 1.165) is 44.1 Å². The second-order valence-electron chi connectivity index (χ2n) is 6.89. The molecule has 4 rings (SSSR count). The van der Waals surface area contributed by atoms with Crippen LogP contribution >= 0.6 is 11.3 Å². The summed E-state index contributed by atoms with van der Waals surface area (Å²) in [7, 11) is 0. The van der Waals surface area contributed by atoms with Gasteiger partial charge in [-0.2, -0.15) is 0 Å². The first-order valence-corrected chi connectivity index (χ1v) is 9.78. The van der Waals surface area contributed by atoms with Gasteiger partial charge in [0.15, 0.2) is 0 Å². The molecule has 0 saturated carbocycles. The average molecular weight is 362 g/mol. The Labute approximate surface area is 156 Å². The standard InChI is InChI=1S/C22H22N2OS/c1-4-17(23)14-5-7-15(8-6-14)18-12(2)11-13(3)20-19(18)16-9-10-26-21(16)22(25)24-20/h5-11,17H,4,23H2,1-3H3,(H,24,25). The molecule has 132 valence electrons. The maximum absolute atomic E-state index is 12.4. The summed E-state index contributed by atoms with van der Waals surface area (Å²) in [5.74, 6) is 0. The Kier molecular flexibility index (Phi) is 4.17. The number of fused-ring (bicyclic) bond motifs is 3. The maximum atomic E-state index is 12.4. The molecule has 0 spiro atoms. The molecule has 2 aromatic carbocycles. The van der Waals surface area contributed by atoms with E-state index in [1.807, 2.05) is 5.38 Å². The van der Waals surface area contributed by atoms with Gasteiger partial charge in [-0.15, -0.1) is 11.3 Å².